The van der Waals surface area contributed by atoms with Crippen LogP contribution in [0.15, 0.2) is 22.7 Å². The van der Waals surface area contributed by atoms with Crippen LogP contribution in [0.2, 0.25) is 0 Å². The molecule has 4 nitrogen and oxygen atoms in total. The lowest BCUT2D eigenvalue weighted by Gasteiger charge is -2.23. The van der Waals surface area contributed by atoms with Crippen molar-refractivity contribution in [3.63, 3.8) is 0 Å². The van der Waals surface area contributed by atoms with E-state index < -0.39 is 0 Å². The van der Waals surface area contributed by atoms with Crippen molar-refractivity contribution < 1.29 is 14.3 Å². The Hall–Kier alpha value is -0.340. The summed E-state index contributed by atoms with van der Waals surface area (Å²) in [5.74, 6) is 0.614. The quantitative estimate of drug-likeness (QED) is 0.734. The first kappa shape index (κ1) is 15.1. The van der Waals surface area contributed by atoms with Crippen LogP contribution in [0.4, 0.5) is 0 Å². The number of halogens is 2. The van der Waals surface area contributed by atoms with Gasteiger partial charge in [0, 0.05) is 27.3 Å². The minimum Gasteiger partial charge on any atom is -0.484 e. The Morgan fingerprint density at radius 1 is 1.42 bits per heavy atom. The third kappa shape index (κ3) is 5.27. The van der Waals surface area contributed by atoms with E-state index in [1.807, 2.05) is 18.2 Å². The Bertz CT molecular complexity index is 429. The molecule has 1 aliphatic rings. The fourth-order valence-electron chi connectivity index (χ4n) is 1.87. The molecule has 1 amide bonds. The Balaban J connectivity index is 1.79. The van der Waals surface area contributed by atoms with Crippen LogP contribution < -0.4 is 10.1 Å². The first-order chi connectivity index (χ1) is 9.13. The maximum atomic E-state index is 11.8. The molecule has 0 radical (unpaired) electrons. The summed E-state index contributed by atoms with van der Waals surface area (Å²) in [6.07, 6.45) is 1.75. The second kappa shape index (κ2) is 7.44. The minimum absolute atomic E-state index is 0.0455. The van der Waals surface area contributed by atoms with Crippen molar-refractivity contribution in [1.29, 1.82) is 0 Å². The van der Waals surface area contributed by atoms with Crippen LogP contribution in [0.5, 0.6) is 5.75 Å². The number of rotatable bonds is 4. The molecule has 6 heteroatoms. The fourth-order valence-corrected chi connectivity index (χ4v) is 3.41. The number of amides is 1. The molecular weight excluding hydrogens is 425 g/mol. The van der Waals surface area contributed by atoms with Crippen molar-refractivity contribution in [2.45, 2.75) is 18.9 Å². The number of benzene rings is 1. The van der Waals surface area contributed by atoms with Gasteiger partial charge in [-0.05, 0) is 53.6 Å². The second-order valence-corrected chi connectivity index (χ2v) is 6.51. The monoisotopic (exact) mass is 439 g/mol. The van der Waals surface area contributed by atoms with E-state index in [-0.39, 0.29) is 18.6 Å². The van der Waals surface area contributed by atoms with Crippen molar-refractivity contribution in [2.24, 2.45) is 0 Å². The third-order valence-electron chi connectivity index (χ3n) is 2.79. The van der Waals surface area contributed by atoms with Crippen LogP contribution in [0.25, 0.3) is 0 Å². The summed E-state index contributed by atoms with van der Waals surface area (Å²) in [6.45, 7) is 1.48. The molecule has 0 unspecified atom stereocenters. The molecular formula is C13H15BrINO3. The van der Waals surface area contributed by atoms with E-state index in [4.69, 9.17) is 9.47 Å². The standard InChI is InChI=1S/C13H15BrINO3/c14-9-5-10(15)7-12(6-9)19-8-13(17)16-11-1-3-18-4-2-11/h5-7,11H,1-4,8H2,(H,16,17). The van der Waals surface area contributed by atoms with Crippen molar-refractivity contribution in [3.05, 3.63) is 26.2 Å². The second-order valence-electron chi connectivity index (χ2n) is 4.35. The lowest BCUT2D eigenvalue weighted by molar-refractivity contribution is -0.124. The van der Waals surface area contributed by atoms with Gasteiger partial charge in [-0.1, -0.05) is 15.9 Å². The van der Waals surface area contributed by atoms with Gasteiger partial charge in [-0.3, -0.25) is 4.79 Å². The van der Waals surface area contributed by atoms with E-state index in [0.29, 0.717) is 5.75 Å². The van der Waals surface area contributed by atoms with Crippen molar-refractivity contribution in [1.82, 2.24) is 5.32 Å². The molecule has 0 aromatic heterocycles. The zero-order chi connectivity index (χ0) is 13.7. The summed E-state index contributed by atoms with van der Waals surface area (Å²) in [6, 6.07) is 5.94. The van der Waals surface area contributed by atoms with E-state index >= 15 is 0 Å². The predicted molar refractivity (Wildman–Crippen MR) is 84.3 cm³/mol. The molecule has 104 valence electrons. The van der Waals surface area contributed by atoms with Crippen LogP contribution in [0.1, 0.15) is 12.8 Å². The van der Waals surface area contributed by atoms with Gasteiger partial charge in [-0.15, -0.1) is 0 Å². The topological polar surface area (TPSA) is 47.6 Å². The Labute approximate surface area is 134 Å². The van der Waals surface area contributed by atoms with Gasteiger partial charge in [-0.2, -0.15) is 0 Å². The van der Waals surface area contributed by atoms with Gasteiger partial charge in [-0.25, -0.2) is 0 Å². The van der Waals surface area contributed by atoms with Crippen LogP contribution in [0.3, 0.4) is 0 Å². The molecule has 0 saturated carbocycles. The highest BCUT2D eigenvalue weighted by molar-refractivity contribution is 14.1. The van der Waals surface area contributed by atoms with Gasteiger partial charge >= 0.3 is 0 Å². The summed E-state index contributed by atoms with van der Waals surface area (Å²) >= 11 is 5.61. The third-order valence-corrected chi connectivity index (χ3v) is 3.87. The molecule has 1 heterocycles. The van der Waals surface area contributed by atoms with E-state index in [0.717, 1.165) is 34.1 Å². The average Bonchev–Trinajstić information content (AvgIpc) is 2.36. The highest BCUT2D eigenvalue weighted by Gasteiger charge is 2.16. The Morgan fingerprint density at radius 3 is 2.84 bits per heavy atom. The molecule has 1 fully saturated rings. The number of carbonyl (C=O) groups is 1. The molecule has 0 bridgehead atoms. The smallest absolute Gasteiger partial charge is 0.258 e. The number of carbonyl (C=O) groups excluding carboxylic acids is 1. The number of ether oxygens (including phenoxy) is 2. The van der Waals surface area contributed by atoms with Crippen molar-refractivity contribution >= 4 is 44.4 Å². The molecule has 0 aliphatic carbocycles. The van der Waals surface area contributed by atoms with Crippen LogP contribution in [0, 0.1) is 3.57 Å². The van der Waals surface area contributed by atoms with Crippen LogP contribution in [-0.4, -0.2) is 31.8 Å². The van der Waals surface area contributed by atoms with Crippen molar-refractivity contribution in [3.8, 4) is 5.75 Å². The van der Waals surface area contributed by atoms with E-state index in [9.17, 15) is 4.79 Å². The minimum atomic E-state index is -0.0816. The zero-order valence-corrected chi connectivity index (χ0v) is 14.1. The first-order valence-electron chi connectivity index (χ1n) is 6.09. The SMILES string of the molecule is O=C(COc1cc(Br)cc(I)c1)NC1CCOCC1. The average molecular weight is 440 g/mol. The van der Waals surface area contributed by atoms with E-state index in [2.05, 4.69) is 43.8 Å². The summed E-state index contributed by atoms with van der Waals surface area (Å²) in [5, 5.41) is 2.96. The number of hydrogen-bond acceptors (Lipinski definition) is 3. The van der Waals surface area contributed by atoms with Crippen LogP contribution >= 0.6 is 38.5 Å². The molecule has 2 rings (SSSR count). The number of nitrogens with one attached hydrogen (secondary N) is 1. The lowest BCUT2D eigenvalue weighted by atomic mass is 10.1. The molecule has 1 aliphatic heterocycles. The first-order valence-corrected chi connectivity index (χ1v) is 7.96. The molecule has 1 saturated heterocycles. The van der Waals surface area contributed by atoms with Gasteiger partial charge in [0.2, 0.25) is 0 Å². The Morgan fingerprint density at radius 2 is 2.16 bits per heavy atom. The summed E-state index contributed by atoms with van der Waals surface area (Å²) in [7, 11) is 0. The van der Waals surface area contributed by atoms with E-state index in [1.54, 1.807) is 0 Å². The summed E-state index contributed by atoms with van der Waals surface area (Å²) in [4.78, 5) is 11.8. The van der Waals surface area contributed by atoms with E-state index in [1.165, 1.54) is 0 Å². The van der Waals surface area contributed by atoms with Gasteiger partial charge in [0.15, 0.2) is 6.61 Å². The molecule has 0 spiro atoms. The zero-order valence-electron chi connectivity index (χ0n) is 10.3. The predicted octanol–water partition coefficient (Wildman–Crippen LogP) is 2.73. The largest absolute Gasteiger partial charge is 0.484 e. The van der Waals surface area contributed by atoms with Gasteiger partial charge in [0.25, 0.3) is 5.91 Å². The highest BCUT2D eigenvalue weighted by atomic mass is 127. The van der Waals surface area contributed by atoms with Gasteiger partial charge in [0.05, 0.1) is 0 Å². The molecule has 1 aromatic rings. The summed E-state index contributed by atoms with van der Waals surface area (Å²) in [5.41, 5.74) is 0. The molecule has 1 aromatic carbocycles. The van der Waals surface area contributed by atoms with Crippen molar-refractivity contribution in [2.75, 3.05) is 19.8 Å². The summed E-state index contributed by atoms with van der Waals surface area (Å²) < 4.78 is 12.7. The molecule has 1 N–H and O–H groups in total. The molecule has 19 heavy (non-hydrogen) atoms. The number of hydrogen-bond donors (Lipinski definition) is 1. The fraction of sp³-hybridized carbons (Fsp3) is 0.462. The maximum absolute atomic E-state index is 11.8. The van der Waals surface area contributed by atoms with Crippen LogP contribution in [-0.2, 0) is 9.53 Å². The lowest BCUT2D eigenvalue weighted by Crippen LogP contribution is -2.41. The van der Waals surface area contributed by atoms with Gasteiger partial charge in [0.1, 0.15) is 5.75 Å². The maximum Gasteiger partial charge on any atom is 0.258 e. The normalized spacial score (nSPS) is 16.1. The highest BCUT2D eigenvalue weighted by Crippen LogP contribution is 2.22. The Kier molecular flexibility index (Phi) is 5.90. The van der Waals surface area contributed by atoms with Gasteiger partial charge < -0.3 is 14.8 Å². The molecule has 0 atom stereocenters.